The van der Waals surface area contributed by atoms with Gasteiger partial charge in [-0.1, -0.05) is 6.07 Å². The molecule has 8 heteroatoms. The van der Waals surface area contributed by atoms with Crippen LogP contribution in [0.4, 0.5) is 10.1 Å². The first-order valence-corrected chi connectivity index (χ1v) is 11.0. The van der Waals surface area contributed by atoms with E-state index in [1.165, 1.54) is 13.2 Å². The normalized spacial score (nSPS) is 18.3. The lowest BCUT2D eigenvalue weighted by Crippen LogP contribution is -2.48. The molecule has 2 fully saturated rings. The SMILES string of the molecule is COc1ccc(CN(CCC2OCC3(CCNCC3)CO2)c2ccc(C#N)nc2)cc1F. The van der Waals surface area contributed by atoms with Gasteiger partial charge >= 0.3 is 0 Å². The molecule has 7 nitrogen and oxygen atoms in total. The number of nitrogens with zero attached hydrogens (tertiary/aromatic N) is 3. The Morgan fingerprint density at radius 3 is 2.66 bits per heavy atom. The molecule has 4 rings (SSSR count). The number of aromatic nitrogens is 1. The van der Waals surface area contributed by atoms with Crippen LogP contribution < -0.4 is 15.0 Å². The number of pyridine rings is 1. The topological polar surface area (TPSA) is 79.6 Å². The Morgan fingerprint density at radius 2 is 2.03 bits per heavy atom. The van der Waals surface area contributed by atoms with Crippen LogP contribution in [0.1, 0.15) is 30.5 Å². The fourth-order valence-electron chi connectivity index (χ4n) is 4.27. The molecule has 0 aliphatic carbocycles. The fourth-order valence-corrected chi connectivity index (χ4v) is 4.27. The minimum absolute atomic E-state index is 0.138. The lowest BCUT2D eigenvalue weighted by atomic mass is 9.80. The Kier molecular flexibility index (Phi) is 7.20. The first kappa shape index (κ1) is 22.5. The van der Waals surface area contributed by atoms with Gasteiger partial charge in [0.25, 0.3) is 0 Å². The Labute approximate surface area is 188 Å². The van der Waals surface area contributed by atoms with Gasteiger partial charge in [-0.15, -0.1) is 0 Å². The van der Waals surface area contributed by atoms with Crippen molar-refractivity contribution in [1.29, 1.82) is 5.26 Å². The fraction of sp³-hybridized carbons (Fsp3) is 0.500. The van der Waals surface area contributed by atoms with E-state index in [1.54, 1.807) is 18.3 Å². The Bertz CT molecular complexity index is 931. The number of halogens is 1. The second kappa shape index (κ2) is 10.3. The zero-order valence-corrected chi connectivity index (χ0v) is 18.3. The summed E-state index contributed by atoms with van der Waals surface area (Å²) in [5.41, 5.74) is 2.16. The van der Waals surface area contributed by atoms with Crippen molar-refractivity contribution in [3.8, 4) is 11.8 Å². The summed E-state index contributed by atoms with van der Waals surface area (Å²) in [7, 11) is 1.45. The number of hydrogen-bond acceptors (Lipinski definition) is 7. The maximum absolute atomic E-state index is 14.2. The second-order valence-electron chi connectivity index (χ2n) is 8.49. The van der Waals surface area contributed by atoms with Crippen LogP contribution in [0.3, 0.4) is 0 Å². The molecule has 0 bridgehead atoms. The predicted molar refractivity (Wildman–Crippen MR) is 118 cm³/mol. The Hall–Kier alpha value is -2.73. The van der Waals surface area contributed by atoms with Gasteiger partial charge in [-0.3, -0.25) is 0 Å². The summed E-state index contributed by atoms with van der Waals surface area (Å²) >= 11 is 0. The average molecular weight is 441 g/mol. The smallest absolute Gasteiger partial charge is 0.165 e. The van der Waals surface area contributed by atoms with Gasteiger partial charge in [-0.05, 0) is 55.8 Å². The second-order valence-corrected chi connectivity index (χ2v) is 8.49. The molecule has 1 aromatic heterocycles. The molecule has 0 unspecified atom stereocenters. The zero-order valence-electron chi connectivity index (χ0n) is 18.3. The van der Waals surface area contributed by atoms with Crippen molar-refractivity contribution in [1.82, 2.24) is 10.3 Å². The molecule has 0 atom stereocenters. The molecule has 2 aliphatic rings. The number of nitrogens with one attached hydrogen (secondary N) is 1. The first-order chi connectivity index (χ1) is 15.6. The van der Waals surface area contributed by atoms with Crippen molar-refractivity contribution >= 4 is 5.69 Å². The van der Waals surface area contributed by atoms with Crippen molar-refractivity contribution in [2.24, 2.45) is 5.41 Å². The Balaban J connectivity index is 1.42. The van der Waals surface area contributed by atoms with Crippen molar-refractivity contribution in [3.63, 3.8) is 0 Å². The number of nitriles is 1. The number of methoxy groups -OCH3 is 1. The van der Waals surface area contributed by atoms with Crippen LogP contribution in [0.15, 0.2) is 36.5 Å². The molecule has 0 radical (unpaired) electrons. The zero-order chi connectivity index (χ0) is 22.4. The van der Waals surface area contributed by atoms with Gasteiger partial charge in [0, 0.05) is 24.9 Å². The largest absolute Gasteiger partial charge is 0.494 e. The summed E-state index contributed by atoms with van der Waals surface area (Å²) in [5, 5.41) is 12.4. The van der Waals surface area contributed by atoms with E-state index in [0.717, 1.165) is 50.4 Å². The van der Waals surface area contributed by atoms with Crippen LogP contribution in [0.25, 0.3) is 0 Å². The van der Waals surface area contributed by atoms with Crippen molar-refractivity contribution < 1.29 is 18.6 Å². The first-order valence-electron chi connectivity index (χ1n) is 11.0. The van der Waals surface area contributed by atoms with Crippen molar-refractivity contribution in [3.05, 3.63) is 53.6 Å². The molecule has 32 heavy (non-hydrogen) atoms. The lowest BCUT2D eigenvalue weighted by molar-refractivity contribution is -0.235. The van der Waals surface area contributed by atoms with E-state index in [9.17, 15) is 4.39 Å². The summed E-state index contributed by atoms with van der Waals surface area (Å²) in [5.74, 6) is -0.176. The molecule has 170 valence electrons. The van der Waals surface area contributed by atoms with Crippen LogP contribution in [0.5, 0.6) is 5.75 Å². The van der Waals surface area contributed by atoms with Gasteiger partial charge in [0.1, 0.15) is 11.8 Å². The lowest BCUT2D eigenvalue weighted by Gasteiger charge is -2.43. The van der Waals surface area contributed by atoms with Gasteiger partial charge in [-0.25, -0.2) is 9.37 Å². The van der Waals surface area contributed by atoms with Crippen LogP contribution >= 0.6 is 0 Å². The highest BCUT2D eigenvalue weighted by Crippen LogP contribution is 2.34. The predicted octanol–water partition coefficient (Wildman–Crippen LogP) is 3.24. The number of rotatable bonds is 7. The third-order valence-electron chi connectivity index (χ3n) is 6.27. The number of ether oxygens (including phenoxy) is 3. The summed E-state index contributed by atoms with van der Waals surface area (Å²) in [6, 6.07) is 10.5. The maximum atomic E-state index is 14.2. The van der Waals surface area contributed by atoms with Crippen LogP contribution in [-0.2, 0) is 16.0 Å². The summed E-state index contributed by atoms with van der Waals surface area (Å²) in [6.45, 7) is 4.59. The van der Waals surface area contributed by atoms with Crippen molar-refractivity contribution in [2.45, 2.75) is 32.1 Å². The van der Waals surface area contributed by atoms with E-state index in [4.69, 9.17) is 19.5 Å². The van der Waals surface area contributed by atoms with E-state index < -0.39 is 5.82 Å². The van der Waals surface area contributed by atoms with Gasteiger partial charge in [0.2, 0.25) is 0 Å². The number of anilines is 1. The minimum atomic E-state index is -0.394. The highest BCUT2D eigenvalue weighted by molar-refractivity contribution is 5.47. The van der Waals surface area contributed by atoms with Crippen LogP contribution in [0, 0.1) is 22.6 Å². The molecule has 0 saturated carbocycles. The van der Waals surface area contributed by atoms with Crippen LogP contribution in [0.2, 0.25) is 0 Å². The van der Waals surface area contributed by atoms with Gasteiger partial charge in [-0.2, -0.15) is 5.26 Å². The van der Waals surface area contributed by atoms with E-state index in [-0.39, 0.29) is 17.5 Å². The molecular weight excluding hydrogens is 411 g/mol. The maximum Gasteiger partial charge on any atom is 0.165 e. The number of piperidine rings is 1. The Morgan fingerprint density at radius 1 is 1.25 bits per heavy atom. The van der Waals surface area contributed by atoms with Crippen LogP contribution in [-0.4, -0.2) is 51.2 Å². The van der Waals surface area contributed by atoms with Gasteiger partial charge < -0.3 is 24.4 Å². The minimum Gasteiger partial charge on any atom is -0.494 e. The van der Waals surface area contributed by atoms with E-state index in [1.807, 2.05) is 18.2 Å². The molecular formula is C24H29FN4O3. The summed E-state index contributed by atoms with van der Waals surface area (Å²) < 4.78 is 31.4. The quantitative estimate of drug-likeness (QED) is 0.708. The van der Waals surface area contributed by atoms with Crippen molar-refractivity contribution in [2.75, 3.05) is 44.9 Å². The van der Waals surface area contributed by atoms with Gasteiger partial charge in [0.05, 0.1) is 32.2 Å². The summed E-state index contributed by atoms with van der Waals surface area (Å²) in [6.07, 6.45) is 4.23. The van der Waals surface area contributed by atoms with Gasteiger partial charge in [0.15, 0.2) is 17.9 Å². The molecule has 0 amide bonds. The molecule has 1 aromatic carbocycles. The third kappa shape index (κ3) is 5.36. The number of benzene rings is 1. The van der Waals surface area contributed by atoms with E-state index >= 15 is 0 Å². The average Bonchev–Trinajstić information content (AvgIpc) is 2.83. The van der Waals surface area contributed by atoms with E-state index in [2.05, 4.69) is 15.2 Å². The number of hydrogen-bond donors (Lipinski definition) is 1. The standard InChI is InChI=1S/C24H29FN4O3/c1-30-22-5-2-18(12-21(22)25)15-29(20-4-3-19(13-26)28-14-20)11-6-23-31-16-24(17-32-23)7-9-27-10-8-24/h2-5,12,14,23,27H,6-11,15-17H2,1H3. The summed E-state index contributed by atoms with van der Waals surface area (Å²) in [4.78, 5) is 6.29. The van der Waals surface area contributed by atoms with E-state index in [0.29, 0.717) is 25.2 Å². The third-order valence-corrected chi connectivity index (χ3v) is 6.27. The highest BCUT2D eigenvalue weighted by atomic mass is 19.1. The molecule has 2 saturated heterocycles. The molecule has 1 N–H and O–H groups in total. The molecule has 2 aliphatic heterocycles. The molecule has 1 spiro atoms. The molecule has 2 aromatic rings. The molecule has 3 heterocycles. The monoisotopic (exact) mass is 440 g/mol. The highest BCUT2D eigenvalue weighted by Gasteiger charge is 2.37.